The van der Waals surface area contributed by atoms with E-state index < -0.39 is 113 Å². The molecule has 4 N–H and O–H groups in total. The monoisotopic (exact) mass is 893 g/mol. The lowest BCUT2D eigenvalue weighted by Crippen LogP contribution is -2.82. The van der Waals surface area contributed by atoms with Crippen LogP contribution in [0.15, 0.2) is 108 Å². The second-order valence-corrected chi connectivity index (χ2v) is 18.0. The molecule has 1 spiro atoms. The van der Waals surface area contributed by atoms with Crippen molar-refractivity contribution in [2.24, 2.45) is 16.7 Å². The van der Waals surface area contributed by atoms with Crippen molar-refractivity contribution in [3.8, 4) is 5.75 Å². The summed E-state index contributed by atoms with van der Waals surface area (Å²) in [5.74, 6) is -7.07. The summed E-state index contributed by atoms with van der Waals surface area (Å²) in [6.45, 7) is 6.49. The van der Waals surface area contributed by atoms with E-state index in [-0.39, 0.29) is 53.2 Å². The van der Waals surface area contributed by atoms with E-state index >= 15 is 4.79 Å². The minimum absolute atomic E-state index is 0.0191. The lowest BCUT2D eigenvalue weighted by atomic mass is 9.44. The number of carbonyl (C=O) groups excluding carboxylic acids is 6. The summed E-state index contributed by atoms with van der Waals surface area (Å²) in [6, 6.07) is 20.7. The molecule has 0 radical (unpaired) electrons. The van der Waals surface area contributed by atoms with Gasteiger partial charge in [0.25, 0.3) is 5.91 Å². The number of para-hydroxylation sites is 1. The summed E-state index contributed by atoms with van der Waals surface area (Å²) in [5.41, 5.74) is -7.53. The molecular weight excluding hydrogens is 843 g/mol. The Balaban J connectivity index is 1.36. The van der Waals surface area contributed by atoms with Gasteiger partial charge in [-0.3, -0.25) is 14.4 Å². The number of aliphatic hydroxyl groups is 3. The van der Waals surface area contributed by atoms with E-state index in [1.54, 1.807) is 68.4 Å². The quantitative estimate of drug-likeness (QED) is 0.163. The molecule has 16 heteroatoms. The van der Waals surface area contributed by atoms with Gasteiger partial charge in [-0.25, -0.2) is 14.4 Å². The van der Waals surface area contributed by atoms with Crippen LogP contribution in [-0.2, 0) is 42.9 Å². The maximum absolute atomic E-state index is 15.6. The van der Waals surface area contributed by atoms with Crippen molar-refractivity contribution in [1.82, 2.24) is 5.32 Å². The van der Waals surface area contributed by atoms with Gasteiger partial charge in [0.05, 0.1) is 35.6 Å². The van der Waals surface area contributed by atoms with E-state index in [2.05, 4.69) is 5.32 Å². The van der Waals surface area contributed by atoms with Crippen LogP contribution in [0.1, 0.15) is 79.8 Å². The highest BCUT2D eigenvalue weighted by Gasteiger charge is 2.78. The molecule has 3 fully saturated rings. The van der Waals surface area contributed by atoms with E-state index in [0.29, 0.717) is 0 Å². The van der Waals surface area contributed by atoms with Crippen LogP contribution in [-0.4, -0.2) is 112 Å². The molecule has 11 atom stereocenters. The van der Waals surface area contributed by atoms with Crippen LogP contribution in [0.4, 0.5) is 0 Å². The molecule has 16 nitrogen and oxygen atoms in total. The Kier molecular flexibility index (Phi) is 11.9. The van der Waals surface area contributed by atoms with Crippen molar-refractivity contribution in [3.05, 3.63) is 125 Å². The van der Waals surface area contributed by atoms with Gasteiger partial charge in [-0.1, -0.05) is 68.4 Å². The lowest BCUT2D eigenvalue weighted by molar-refractivity contribution is -0.345. The number of benzene rings is 3. The number of hydrogen-bond donors (Lipinski definition) is 4. The molecule has 2 aliphatic heterocycles. The van der Waals surface area contributed by atoms with E-state index in [0.717, 1.165) is 13.0 Å². The first-order chi connectivity index (χ1) is 30.8. The first-order valence-corrected chi connectivity index (χ1v) is 21.4. The van der Waals surface area contributed by atoms with Gasteiger partial charge in [0, 0.05) is 42.4 Å². The molecule has 0 unspecified atom stereocenters. The topological polar surface area (TPSA) is 231 Å². The molecule has 4 bridgehead atoms. The molecule has 1 amide bonds. The highest BCUT2D eigenvalue weighted by atomic mass is 16.6. The smallest absolute Gasteiger partial charge is 0.338 e. The molecule has 3 aromatic carbocycles. The van der Waals surface area contributed by atoms with Crippen LogP contribution in [0.3, 0.4) is 0 Å². The zero-order valence-electron chi connectivity index (χ0n) is 36.4. The van der Waals surface area contributed by atoms with Crippen LogP contribution in [0.2, 0.25) is 0 Å². The predicted molar refractivity (Wildman–Crippen MR) is 227 cm³/mol. The van der Waals surface area contributed by atoms with Crippen molar-refractivity contribution in [1.29, 1.82) is 0 Å². The first kappa shape index (κ1) is 45.4. The number of ether oxygens (including phenoxy) is 6. The van der Waals surface area contributed by atoms with Crippen LogP contribution in [0.5, 0.6) is 5.75 Å². The molecular formula is C49H51NO15. The number of hydrogen-bond acceptors (Lipinski definition) is 15. The van der Waals surface area contributed by atoms with Gasteiger partial charge in [-0.2, -0.15) is 0 Å². The molecule has 2 saturated carbocycles. The van der Waals surface area contributed by atoms with Gasteiger partial charge < -0.3 is 49.1 Å². The normalized spacial score (nSPS) is 34.6. The van der Waals surface area contributed by atoms with E-state index in [1.807, 2.05) is 0 Å². The molecule has 1 saturated heterocycles. The van der Waals surface area contributed by atoms with Crippen molar-refractivity contribution >= 4 is 35.6 Å². The standard InChI is InChI=1S/C49H51NO15/c1-26-32-24-49(59)42(64-44(57)29-17-10-7-11-18-29)40-47(5,41(55)39(62-27(2)51)36(26)46(49,3)4)33(52)23-34-48(40,25-61-34)65-35(53)21-14-22-60-31-20-13-12-19-30(31)37(38(54)45(58)63-32)50-43(56)28-15-8-6-9-16-28/h6-21,32-34,37-40,42,52,54,59H,22-25H2,1-5H3,(H,50,56)/b21-14-/t32-,33-,34+,37-,38+,39+,40-,42-,47+,48-,49+/m0/s1. The Morgan fingerprint density at radius 1 is 0.862 bits per heavy atom. The fraction of sp³-hybridized carbons (Fsp3) is 0.429. The molecule has 8 rings (SSSR count). The number of aliphatic hydroxyl groups excluding tert-OH is 2. The predicted octanol–water partition coefficient (Wildman–Crippen LogP) is 3.66. The fourth-order valence-corrected chi connectivity index (χ4v) is 10.6. The average molecular weight is 894 g/mol. The minimum Gasteiger partial charge on any atom is -0.489 e. The molecule has 65 heavy (non-hydrogen) atoms. The summed E-state index contributed by atoms with van der Waals surface area (Å²) in [6.07, 6.45) is -8.47. The third kappa shape index (κ3) is 7.51. The average Bonchev–Trinajstić information content (AvgIpc) is 3.28. The zero-order chi connectivity index (χ0) is 46.6. The SMILES string of the molecule is CC(=O)O[C@H]1C(=O)[C@@]2(C)[C@@H]3[C@H](OC(=O)c4ccccc4)[C@]4(O)C[C@H](OC(=O)[C@H](O)[C@@H](NC(=O)c5ccccc5)c5ccccc5OC/C=C\C(=O)O[C@]35CO[C@@H]5C[C@@H]2O)C(C)=C1C4(C)C. The minimum atomic E-state index is -2.42. The number of carbonyl (C=O) groups is 6. The fourth-order valence-electron chi connectivity index (χ4n) is 10.6. The van der Waals surface area contributed by atoms with Crippen LogP contribution >= 0.6 is 0 Å². The summed E-state index contributed by atoms with van der Waals surface area (Å²) in [4.78, 5) is 85.5. The molecule has 0 aromatic heterocycles. The Bertz CT molecular complexity index is 2470. The van der Waals surface area contributed by atoms with Crippen LogP contribution in [0, 0.1) is 16.7 Å². The first-order valence-electron chi connectivity index (χ1n) is 21.4. The van der Waals surface area contributed by atoms with Crippen LogP contribution in [0.25, 0.3) is 0 Å². The van der Waals surface area contributed by atoms with Gasteiger partial charge in [0.15, 0.2) is 23.6 Å². The van der Waals surface area contributed by atoms with Crippen molar-refractivity contribution in [3.63, 3.8) is 0 Å². The number of ketones is 1. The van der Waals surface area contributed by atoms with E-state index in [1.165, 1.54) is 50.3 Å². The van der Waals surface area contributed by atoms with Gasteiger partial charge in [-0.15, -0.1) is 0 Å². The van der Waals surface area contributed by atoms with Gasteiger partial charge in [0.2, 0.25) is 0 Å². The van der Waals surface area contributed by atoms with Crippen LogP contribution < -0.4 is 10.1 Å². The molecule has 3 aliphatic carbocycles. The summed E-state index contributed by atoms with van der Waals surface area (Å²) in [5, 5.41) is 40.8. The Morgan fingerprint density at radius 2 is 1.51 bits per heavy atom. The number of amides is 1. The Hall–Kier alpha value is -6.20. The van der Waals surface area contributed by atoms with Gasteiger partial charge in [-0.05, 0) is 61.4 Å². The van der Waals surface area contributed by atoms with Crippen molar-refractivity contribution in [2.45, 2.75) is 101 Å². The number of nitrogens with one attached hydrogen (secondary N) is 1. The largest absolute Gasteiger partial charge is 0.489 e. The lowest BCUT2D eigenvalue weighted by Gasteiger charge is -2.67. The molecule has 2 heterocycles. The second-order valence-electron chi connectivity index (χ2n) is 18.0. The van der Waals surface area contributed by atoms with E-state index in [4.69, 9.17) is 28.4 Å². The number of esters is 4. The van der Waals surface area contributed by atoms with Gasteiger partial charge in [0.1, 0.15) is 36.3 Å². The zero-order valence-corrected chi connectivity index (χ0v) is 36.4. The Labute approximate surface area is 374 Å². The highest BCUT2D eigenvalue weighted by Crippen LogP contribution is 2.64. The molecule has 3 aromatic rings. The van der Waals surface area contributed by atoms with Crippen molar-refractivity contribution < 1.29 is 72.5 Å². The van der Waals surface area contributed by atoms with Gasteiger partial charge >= 0.3 is 23.9 Å². The van der Waals surface area contributed by atoms with Crippen molar-refractivity contribution in [2.75, 3.05) is 13.2 Å². The third-order valence-corrected chi connectivity index (χ3v) is 14.1. The Morgan fingerprint density at radius 3 is 2.15 bits per heavy atom. The number of Topliss-reactive ketones (excluding diaryl/α,β-unsaturated/α-hetero) is 1. The second kappa shape index (κ2) is 17.0. The van der Waals surface area contributed by atoms with E-state index in [9.17, 15) is 39.3 Å². The molecule has 5 aliphatic rings. The maximum Gasteiger partial charge on any atom is 0.338 e. The summed E-state index contributed by atoms with van der Waals surface area (Å²) in [7, 11) is 0. The maximum atomic E-state index is 15.6. The number of fused-ring (bicyclic) bond motifs is 3. The summed E-state index contributed by atoms with van der Waals surface area (Å²) < 4.78 is 36.8. The molecule has 342 valence electrons. The number of rotatable bonds is 5. The summed E-state index contributed by atoms with van der Waals surface area (Å²) >= 11 is 0. The third-order valence-electron chi connectivity index (χ3n) is 14.1. The highest BCUT2D eigenvalue weighted by molar-refractivity contribution is 5.96.